The third-order valence-corrected chi connectivity index (χ3v) is 8.08. The van der Waals surface area contributed by atoms with Gasteiger partial charge in [-0.15, -0.1) is 6.58 Å². The zero-order valence-electron chi connectivity index (χ0n) is 27.2. The summed E-state index contributed by atoms with van der Waals surface area (Å²) in [5, 5.41) is 0. The van der Waals surface area contributed by atoms with Crippen molar-refractivity contribution < 1.29 is 4.74 Å². The van der Waals surface area contributed by atoms with Crippen molar-refractivity contribution in [3.05, 3.63) is 97.7 Å². The molecule has 4 unspecified atom stereocenters. The third-order valence-electron chi connectivity index (χ3n) is 8.08. The van der Waals surface area contributed by atoms with E-state index in [1.165, 1.54) is 32.1 Å². The van der Waals surface area contributed by atoms with Gasteiger partial charge in [-0.2, -0.15) is 0 Å². The van der Waals surface area contributed by atoms with E-state index in [0.29, 0.717) is 31.0 Å². The first-order valence-electron chi connectivity index (χ1n) is 16.2. The van der Waals surface area contributed by atoms with Crippen LogP contribution in [0, 0.1) is 23.2 Å². The van der Waals surface area contributed by atoms with Crippen molar-refractivity contribution in [3.63, 3.8) is 0 Å². The summed E-state index contributed by atoms with van der Waals surface area (Å²) in [4.78, 5) is 0. The molecule has 0 fully saturated rings. The van der Waals surface area contributed by atoms with Crippen molar-refractivity contribution in [3.8, 4) is 0 Å². The molecule has 0 aliphatic carbocycles. The van der Waals surface area contributed by atoms with E-state index in [-0.39, 0.29) is 5.41 Å². The summed E-state index contributed by atoms with van der Waals surface area (Å²) in [6.07, 6.45) is 47.2. The molecular formula is C39H64O. The Balaban J connectivity index is 6.57. The SMILES string of the molecule is C=CCCC(C(/C=C/CC)CC/C=C\C)C(C/C=C\C)(CCC/C=C\COC/C=C/C)C(/C=C/C)CC/C=C\C. The topological polar surface area (TPSA) is 9.23 Å². The molecule has 0 amide bonds. The second-order valence-electron chi connectivity index (χ2n) is 10.9. The molecule has 1 nitrogen and oxygen atoms in total. The van der Waals surface area contributed by atoms with Gasteiger partial charge in [0.1, 0.15) is 0 Å². The van der Waals surface area contributed by atoms with E-state index in [1.807, 2.05) is 13.0 Å². The Hall–Kier alpha value is -2.12. The molecule has 0 aromatic carbocycles. The van der Waals surface area contributed by atoms with Gasteiger partial charge in [-0.3, -0.25) is 0 Å². The molecule has 0 saturated carbocycles. The maximum absolute atomic E-state index is 5.68. The van der Waals surface area contributed by atoms with Crippen LogP contribution in [0.3, 0.4) is 0 Å². The summed E-state index contributed by atoms with van der Waals surface area (Å²) in [5.74, 6) is 1.69. The van der Waals surface area contributed by atoms with Crippen molar-refractivity contribution in [1.82, 2.24) is 0 Å². The Kier molecular flexibility index (Phi) is 25.6. The maximum atomic E-state index is 5.68. The second kappa shape index (κ2) is 27.1. The second-order valence-corrected chi connectivity index (χ2v) is 10.9. The largest absolute Gasteiger partial charge is 0.373 e. The fourth-order valence-corrected chi connectivity index (χ4v) is 6.10. The van der Waals surface area contributed by atoms with Gasteiger partial charge in [-0.25, -0.2) is 0 Å². The van der Waals surface area contributed by atoms with Crippen molar-refractivity contribution in [2.24, 2.45) is 23.2 Å². The number of allylic oxidation sites excluding steroid dienone is 13. The fraction of sp³-hybridized carbons (Fsp3) is 0.590. The van der Waals surface area contributed by atoms with E-state index >= 15 is 0 Å². The average Bonchev–Trinajstić information content (AvgIpc) is 2.96. The van der Waals surface area contributed by atoms with E-state index in [4.69, 9.17) is 4.74 Å². The predicted octanol–water partition coefficient (Wildman–Crippen LogP) is 12.3. The van der Waals surface area contributed by atoms with E-state index < -0.39 is 0 Å². The molecule has 4 atom stereocenters. The van der Waals surface area contributed by atoms with Crippen LogP contribution in [-0.4, -0.2) is 13.2 Å². The molecule has 1 heteroatoms. The molecule has 0 spiro atoms. The Labute approximate surface area is 250 Å². The summed E-state index contributed by atoms with van der Waals surface area (Å²) >= 11 is 0. The minimum atomic E-state index is 0.193. The number of hydrogen-bond acceptors (Lipinski definition) is 1. The first-order valence-corrected chi connectivity index (χ1v) is 16.2. The lowest BCUT2D eigenvalue weighted by Crippen LogP contribution is -2.41. The smallest absolute Gasteiger partial charge is 0.0651 e. The lowest BCUT2D eigenvalue weighted by molar-refractivity contribution is 0.0419. The normalized spacial score (nSPS) is 16.9. The van der Waals surface area contributed by atoms with Crippen molar-refractivity contribution >= 4 is 0 Å². The third kappa shape index (κ3) is 16.2. The van der Waals surface area contributed by atoms with Gasteiger partial charge in [0, 0.05) is 0 Å². The summed E-state index contributed by atoms with van der Waals surface area (Å²) in [6, 6.07) is 0. The quantitative estimate of drug-likeness (QED) is 0.0814. The molecule has 40 heavy (non-hydrogen) atoms. The van der Waals surface area contributed by atoms with Gasteiger partial charge in [0.2, 0.25) is 0 Å². The first-order chi connectivity index (χ1) is 19.6. The Bertz CT molecular complexity index is 790. The zero-order valence-corrected chi connectivity index (χ0v) is 27.2. The van der Waals surface area contributed by atoms with Gasteiger partial charge in [0.15, 0.2) is 0 Å². The van der Waals surface area contributed by atoms with Crippen LogP contribution in [-0.2, 0) is 4.74 Å². The lowest BCUT2D eigenvalue weighted by atomic mass is 9.55. The highest BCUT2D eigenvalue weighted by molar-refractivity contribution is 5.09. The molecule has 0 saturated heterocycles. The van der Waals surface area contributed by atoms with Gasteiger partial charge in [0.05, 0.1) is 13.2 Å². The molecule has 226 valence electrons. The van der Waals surface area contributed by atoms with Crippen LogP contribution in [0.15, 0.2) is 97.7 Å². The fourth-order valence-electron chi connectivity index (χ4n) is 6.10. The van der Waals surface area contributed by atoms with Crippen molar-refractivity contribution in [1.29, 1.82) is 0 Å². The molecule has 0 rings (SSSR count). The van der Waals surface area contributed by atoms with Crippen LogP contribution in [0.4, 0.5) is 0 Å². The summed E-state index contributed by atoms with van der Waals surface area (Å²) in [5.41, 5.74) is 0.193. The molecule has 0 aliphatic rings. The average molecular weight is 549 g/mol. The summed E-state index contributed by atoms with van der Waals surface area (Å²) in [7, 11) is 0. The minimum Gasteiger partial charge on any atom is -0.373 e. The van der Waals surface area contributed by atoms with Crippen LogP contribution in [0.1, 0.15) is 112 Å². The van der Waals surface area contributed by atoms with E-state index in [9.17, 15) is 0 Å². The van der Waals surface area contributed by atoms with Crippen molar-refractivity contribution in [2.75, 3.05) is 13.2 Å². The predicted molar refractivity (Wildman–Crippen MR) is 183 cm³/mol. The van der Waals surface area contributed by atoms with Crippen LogP contribution < -0.4 is 0 Å². The van der Waals surface area contributed by atoms with Crippen LogP contribution in [0.2, 0.25) is 0 Å². The lowest BCUT2D eigenvalue weighted by Gasteiger charge is -2.49. The number of rotatable bonds is 25. The molecule has 0 radical (unpaired) electrons. The summed E-state index contributed by atoms with van der Waals surface area (Å²) in [6.45, 7) is 18.5. The zero-order chi connectivity index (χ0) is 29.7. The Morgan fingerprint density at radius 1 is 0.650 bits per heavy atom. The van der Waals surface area contributed by atoms with Crippen LogP contribution >= 0.6 is 0 Å². The maximum Gasteiger partial charge on any atom is 0.0651 e. The molecular weight excluding hydrogens is 484 g/mol. The minimum absolute atomic E-state index is 0.193. The van der Waals surface area contributed by atoms with Gasteiger partial charge >= 0.3 is 0 Å². The van der Waals surface area contributed by atoms with Crippen molar-refractivity contribution in [2.45, 2.75) is 112 Å². The monoisotopic (exact) mass is 548 g/mol. The van der Waals surface area contributed by atoms with Gasteiger partial charge in [0.25, 0.3) is 0 Å². The van der Waals surface area contributed by atoms with Gasteiger partial charge < -0.3 is 4.74 Å². The first kappa shape index (κ1) is 37.9. The Morgan fingerprint density at radius 2 is 1.32 bits per heavy atom. The number of unbranched alkanes of at least 4 members (excludes halogenated alkanes) is 1. The highest BCUT2D eigenvalue weighted by Gasteiger charge is 2.44. The van der Waals surface area contributed by atoms with Gasteiger partial charge in [-0.1, -0.05) is 98.1 Å². The molecule has 0 aromatic rings. The highest BCUT2D eigenvalue weighted by atomic mass is 16.5. The van der Waals surface area contributed by atoms with E-state index in [1.54, 1.807) is 0 Å². The molecule has 0 N–H and O–H groups in total. The van der Waals surface area contributed by atoms with Crippen LogP contribution in [0.25, 0.3) is 0 Å². The molecule has 0 aromatic heterocycles. The van der Waals surface area contributed by atoms with E-state index in [2.05, 4.69) is 126 Å². The van der Waals surface area contributed by atoms with Crippen LogP contribution in [0.5, 0.6) is 0 Å². The number of hydrogen-bond donors (Lipinski definition) is 0. The molecule has 0 bridgehead atoms. The molecule has 0 heterocycles. The molecule has 0 aliphatic heterocycles. The standard InChI is InChI=1S/C39H64O/c1-8-15-23-29-36(28-17-10-3)38(31-18-11-4)39(32-19-12-5,37(27-14-7)30-24-16-9-2)33-25-21-22-26-35-40-34-20-13-6/h8-9,11-17,19-20,22,26-28,36-38H,4,10,18,21,23-25,29-35H2,1-3,5-7H3/b15-8-,16-9-,19-12-,20-13+,26-22-,27-14+,28-17+. The number of ether oxygens (including phenoxy) is 1. The summed E-state index contributed by atoms with van der Waals surface area (Å²) < 4.78 is 5.68. The van der Waals surface area contributed by atoms with Gasteiger partial charge in [-0.05, 0) is 128 Å². The Morgan fingerprint density at radius 3 is 1.95 bits per heavy atom. The van der Waals surface area contributed by atoms with E-state index in [0.717, 1.165) is 38.5 Å². The highest BCUT2D eigenvalue weighted by Crippen LogP contribution is 2.53.